The van der Waals surface area contributed by atoms with Crippen LogP contribution in [0.1, 0.15) is 33.4 Å². The Labute approximate surface area is 336 Å². The zero-order valence-electron chi connectivity index (χ0n) is 30.7. The van der Waals surface area contributed by atoms with Crippen molar-refractivity contribution in [2.45, 2.75) is 11.1 Å². The largest absolute Gasteiger partial charge is 0.395 e. The van der Waals surface area contributed by atoms with Gasteiger partial charge in [0.2, 0.25) is 0 Å². The number of hydrogen-bond acceptors (Lipinski definition) is 5. The molecule has 2 N–H and O–H groups in total. The average Bonchev–Trinajstić information content (AvgIpc) is 3.26. The van der Waals surface area contributed by atoms with Gasteiger partial charge in [-0.05, 0) is 33.4 Å². The first-order chi connectivity index (χ1) is 27.5. The number of benzene rings is 6. The summed E-state index contributed by atoms with van der Waals surface area (Å²) in [6, 6.07) is 58.4. The quantitative estimate of drug-likeness (QED) is 0.0918. The summed E-state index contributed by atoms with van der Waals surface area (Å²) >= 11 is 9.53. The maximum atomic E-state index is 16.2. The molecule has 0 fully saturated rings. The summed E-state index contributed by atoms with van der Waals surface area (Å²) in [5, 5.41) is 20.8. The second-order valence-electron chi connectivity index (χ2n) is 13.0. The molecule has 0 radical (unpaired) electrons. The van der Waals surface area contributed by atoms with E-state index in [0.29, 0.717) is 16.7 Å². The predicted molar refractivity (Wildman–Crippen MR) is 227 cm³/mol. The van der Waals surface area contributed by atoms with Crippen molar-refractivity contribution < 1.29 is 10.2 Å². The number of nitrogens with zero attached hydrogens (tertiary/aromatic N) is 3. The molecule has 0 amide bonds. The second kappa shape index (κ2) is 18.8. The van der Waals surface area contributed by atoms with Gasteiger partial charge in [0.1, 0.15) is 16.8 Å². The van der Waals surface area contributed by atoms with Gasteiger partial charge in [0.25, 0.3) is 5.56 Å². The van der Waals surface area contributed by atoms with Crippen LogP contribution in [-0.4, -0.2) is 51.0 Å². The van der Waals surface area contributed by atoms with Gasteiger partial charge in [-0.2, -0.15) is 0 Å². The van der Waals surface area contributed by atoms with Crippen molar-refractivity contribution in [3.63, 3.8) is 0 Å². The molecule has 1 aromatic heterocycles. The molecule has 7 rings (SSSR count). The van der Waals surface area contributed by atoms with Crippen LogP contribution < -0.4 is 16.1 Å². The van der Waals surface area contributed by atoms with E-state index in [1.54, 1.807) is 15.7 Å². The first-order valence-electron chi connectivity index (χ1n) is 18.3. The third-order valence-corrected chi connectivity index (χ3v) is 10.00. The molecule has 0 bridgehead atoms. The van der Waals surface area contributed by atoms with E-state index in [-0.39, 0.29) is 37.3 Å². The highest BCUT2D eigenvalue weighted by atomic mass is 35.5. The molecule has 6 aromatic carbocycles. The zero-order valence-corrected chi connectivity index (χ0v) is 32.3. The summed E-state index contributed by atoms with van der Waals surface area (Å²) in [7, 11) is 0. The lowest BCUT2D eigenvalue weighted by Gasteiger charge is -2.42. The van der Waals surface area contributed by atoms with Crippen LogP contribution in [0.4, 0.5) is 5.69 Å². The van der Waals surface area contributed by atoms with Gasteiger partial charge in [-0.25, -0.2) is 9.36 Å². The third-order valence-electron chi connectivity index (χ3n) is 10.00. The Bertz CT molecular complexity index is 2180. The summed E-state index contributed by atoms with van der Waals surface area (Å²) < 4.78 is 3.06. The summed E-state index contributed by atoms with van der Waals surface area (Å²) in [6.07, 6.45) is 1.62. The second-order valence-corrected chi connectivity index (χ2v) is 13.8. The van der Waals surface area contributed by atoms with Crippen molar-refractivity contribution in [3.8, 4) is 0 Å². The monoisotopic (exact) mass is 783 g/mol. The van der Waals surface area contributed by atoms with E-state index in [4.69, 9.17) is 23.2 Å². The molecular formula is C47H43Cl2N3O4. The van der Waals surface area contributed by atoms with Crippen molar-refractivity contribution in [2.75, 3.05) is 36.5 Å². The van der Waals surface area contributed by atoms with Gasteiger partial charge in [0.05, 0.1) is 18.6 Å². The lowest BCUT2D eigenvalue weighted by molar-refractivity contribution is 0.280. The fraction of sp³-hybridized carbons (Fsp3) is 0.149. The lowest BCUT2D eigenvalue weighted by Crippen LogP contribution is -2.58. The normalized spacial score (nSPS) is 11.4. The summed E-state index contributed by atoms with van der Waals surface area (Å²) in [6.45, 7) is -0.446. The Morgan fingerprint density at radius 1 is 0.464 bits per heavy atom. The summed E-state index contributed by atoms with van der Waals surface area (Å²) in [4.78, 5) is 33.5. The van der Waals surface area contributed by atoms with Gasteiger partial charge in [-0.15, -0.1) is 23.2 Å². The molecular weight excluding hydrogens is 741 g/mol. The highest BCUT2D eigenvalue weighted by Crippen LogP contribution is 2.43. The molecule has 7 nitrogen and oxygen atoms in total. The van der Waals surface area contributed by atoms with Gasteiger partial charge in [0, 0.05) is 19.3 Å². The maximum absolute atomic E-state index is 16.2. The fourth-order valence-electron chi connectivity index (χ4n) is 7.77. The SMILES string of the molecule is ClCCl.O=c1c(N(CCO)CCO)cn(C(c2ccccc2)(c2ccccc2)c2ccccc2)c(=O)n1C(c1ccccc1)(c1ccccc1)c1ccccc1. The molecule has 0 aliphatic rings. The highest BCUT2D eigenvalue weighted by molar-refractivity contribution is 6.40. The van der Waals surface area contributed by atoms with E-state index in [9.17, 15) is 10.2 Å². The van der Waals surface area contributed by atoms with E-state index >= 15 is 9.59 Å². The van der Waals surface area contributed by atoms with Crippen LogP contribution in [0, 0.1) is 0 Å². The third kappa shape index (κ3) is 7.47. The minimum absolute atomic E-state index is 0.0536. The number of alkyl halides is 2. The van der Waals surface area contributed by atoms with Crippen molar-refractivity contribution in [2.24, 2.45) is 0 Å². The molecule has 0 unspecified atom stereocenters. The van der Waals surface area contributed by atoms with Gasteiger partial charge in [-0.3, -0.25) is 9.36 Å². The summed E-state index contributed by atoms with van der Waals surface area (Å²) in [5.74, 6) is 0. The van der Waals surface area contributed by atoms with Crippen LogP contribution in [0.3, 0.4) is 0 Å². The number of halogens is 2. The van der Waals surface area contributed by atoms with Crippen LogP contribution in [0.25, 0.3) is 0 Å². The van der Waals surface area contributed by atoms with E-state index < -0.39 is 22.3 Å². The maximum Gasteiger partial charge on any atom is 0.333 e. The fourth-order valence-corrected chi connectivity index (χ4v) is 7.77. The predicted octanol–water partition coefficient (Wildman–Crippen LogP) is 7.90. The Balaban J connectivity index is 0.00000172. The van der Waals surface area contributed by atoms with Gasteiger partial charge in [0.15, 0.2) is 0 Å². The molecule has 0 aliphatic heterocycles. The topological polar surface area (TPSA) is 87.7 Å². The molecule has 0 spiro atoms. The van der Waals surface area contributed by atoms with Gasteiger partial charge < -0.3 is 15.1 Å². The van der Waals surface area contributed by atoms with Gasteiger partial charge in [-0.1, -0.05) is 182 Å². The molecule has 0 saturated heterocycles. The molecule has 1 heterocycles. The van der Waals surface area contributed by atoms with Crippen LogP contribution >= 0.6 is 23.2 Å². The van der Waals surface area contributed by atoms with Crippen LogP contribution in [0.2, 0.25) is 0 Å². The Hall–Kier alpha value is -5.70. The van der Waals surface area contributed by atoms with Crippen LogP contribution in [0.5, 0.6) is 0 Å². The molecule has 0 saturated carbocycles. The number of anilines is 1. The molecule has 7 aromatic rings. The molecule has 0 aliphatic carbocycles. The zero-order chi connectivity index (χ0) is 39.4. The average molecular weight is 785 g/mol. The minimum Gasteiger partial charge on any atom is -0.395 e. The first kappa shape index (κ1) is 40.0. The van der Waals surface area contributed by atoms with Gasteiger partial charge >= 0.3 is 5.69 Å². The lowest BCUT2D eigenvalue weighted by atomic mass is 9.75. The van der Waals surface area contributed by atoms with E-state index in [1.807, 2.05) is 182 Å². The van der Waals surface area contributed by atoms with E-state index in [0.717, 1.165) is 16.7 Å². The minimum atomic E-state index is -1.46. The van der Waals surface area contributed by atoms with E-state index in [2.05, 4.69) is 0 Å². The molecule has 284 valence electrons. The van der Waals surface area contributed by atoms with Crippen molar-refractivity contribution >= 4 is 28.9 Å². The number of rotatable bonds is 13. The molecule has 0 atom stereocenters. The highest BCUT2D eigenvalue weighted by Gasteiger charge is 2.46. The Morgan fingerprint density at radius 3 is 1.00 bits per heavy atom. The number of hydrogen-bond donors (Lipinski definition) is 2. The number of aromatic nitrogens is 2. The smallest absolute Gasteiger partial charge is 0.333 e. The molecule has 56 heavy (non-hydrogen) atoms. The van der Waals surface area contributed by atoms with Crippen molar-refractivity contribution in [3.05, 3.63) is 242 Å². The Kier molecular flexibility index (Phi) is 13.4. The van der Waals surface area contributed by atoms with Crippen LogP contribution in [-0.2, 0) is 11.1 Å². The first-order valence-corrected chi connectivity index (χ1v) is 19.4. The number of aliphatic hydroxyl groups is 2. The van der Waals surface area contributed by atoms with Crippen molar-refractivity contribution in [1.82, 2.24) is 9.13 Å². The summed E-state index contributed by atoms with van der Waals surface area (Å²) in [5.41, 5.74) is 0.826. The van der Waals surface area contributed by atoms with Crippen LogP contribution in [0.15, 0.2) is 198 Å². The standard InChI is InChI=1S/C46H41N3O4.CH2Cl2/c50-33-31-47(32-34-51)42-35-48(45(36-19-7-1-8-20-36,37-21-9-2-10-22-37)38-23-11-3-12-24-38)44(53)49(43(42)52)46(39-25-13-4-14-26-39,40-27-15-5-16-28-40)41-29-17-6-18-30-41;2-1-3/h1-30,35,50-51H,31-34H2;1H2. The number of aliphatic hydroxyl groups excluding tert-OH is 2. The molecule has 9 heteroatoms. The van der Waals surface area contributed by atoms with Crippen molar-refractivity contribution in [1.29, 1.82) is 0 Å². The Morgan fingerprint density at radius 2 is 0.732 bits per heavy atom. The van der Waals surface area contributed by atoms with E-state index in [1.165, 1.54) is 4.57 Å².